The molecule has 1 N–H and O–H groups in total. The van der Waals surface area contributed by atoms with Crippen molar-refractivity contribution in [2.75, 3.05) is 32.7 Å². The summed E-state index contributed by atoms with van der Waals surface area (Å²) in [7, 11) is 0. The van der Waals surface area contributed by atoms with Gasteiger partial charge in [0.15, 0.2) is 0 Å². The van der Waals surface area contributed by atoms with E-state index in [1.54, 1.807) is 0 Å². The molecule has 0 bridgehead atoms. The summed E-state index contributed by atoms with van der Waals surface area (Å²) < 4.78 is 0. The molecule has 0 aromatic carbocycles. The highest BCUT2D eigenvalue weighted by molar-refractivity contribution is 5.81. The second-order valence-electron chi connectivity index (χ2n) is 7.43. The zero-order valence-electron chi connectivity index (χ0n) is 13.8. The van der Waals surface area contributed by atoms with Gasteiger partial charge in [-0.15, -0.1) is 0 Å². The van der Waals surface area contributed by atoms with E-state index in [1.807, 2.05) is 16.7 Å². The standard InChI is InChI=1S/C16H29N3O2/c1-12(16(2,3)4)15(21)18-8-5-6-13(11-18)19-9-7-17-10-14(19)20/h12-13,17H,5-11H2,1-4H3. The minimum Gasteiger partial charge on any atom is -0.340 e. The van der Waals surface area contributed by atoms with Gasteiger partial charge >= 0.3 is 0 Å². The van der Waals surface area contributed by atoms with Crippen LogP contribution in [0.4, 0.5) is 0 Å². The molecule has 2 rings (SSSR count). The first-order chi connectivity index (χ1) is 9.80. The SMILES string of the molecule is CC(C(=O)N1CCCC(N2CCNCC2=O)C1)C(C)(C)C. The Bertz CT molecular complexity index is 403. The third-order valence-electron chi connectivity index (χ3n) is 4.94. The van der Waals surface area contributed by atoms with Gasteiger partial charge in [0.2, 0.25) is 11.8 Å². The van der Waals surface area contributed by atoms with Crippen LogP contribution in [0.1, 0.15) is 40.5 Å². The van der Waals surface area contributed by atoms with E-state index in [1.165, 1.54) is 0 Å². The highest BCUT2D eigenvalue weighted by atomic mass is 16.2. The number of hydrogen-bond donors (Lipinski definition) is 1. The molecule has 2 atom stereocenters. The summed E-state index contributed by atoms with van der Waals surface area (Å²) in [6.45, 7) is 11.9. The Morgan fingerprint density at radius 3 is 2.67 bits per heavy atom. The Balaban J connectivity index is 2.00. The second kappa shape index (κ2) is 6.34. The van der Waals surface area contributed by atoms with Crippen molar-refractivity contribution < 1.29 is 9.59 Å². The van der Waals surface area contributed by atoms with Crippen LogP contribution in [-0.4, -0.2) is 60.4 Å². The summed E-state index contributed by atoms with van der Waals surface area (Å²) in [5.74, 6) is 0.411. The smallest absolute Gasteiger partial charge is 0.236 e. The van der Waals surface area contributed by atoms with Crippen molar-refractivity contribution in [2.45, 2.75) is 46.6 Å². The maximum Gasteiger partial charge on any atom is 0.236 e. The van der Waals surface area contributed by atoms with Crippen molar-refractivity contribution in [1.29, 1.82) is 0 Å². The minimum absolute atomic E-state index is 0.00924. The predicted molar refractivity (Wildman–Crippen MR) is 82.8 cm³/mol. The molecule has 2 fully saturated rings. The van der Waals surface area contributed by atoms with Gasteiger partial charge in [-0.2, -0.15) is 0 Å². The third-order valence-corrected chi connectivity index (χ3v) is 4.94. The van der Waals surface area contributed by atoms with E-state index in [9.17, 15) is 9.59 Å². The predicted octanol–water partition coefficient (Wildman–Crippen LogP) is 1.09. The molecular formula is C16H29N3O2. The van der Waals surface area contributed by atoms with Crippen molar-refractivity contribution in [2.24, 2.45) is 11.3 Å². The summed E-state index contributed by atoms with van der Waals surface area (Å²) in [6, 6.07) is 0.199. The highest BCUT2D eigenvalue weighted by Crippen LogP contribution is 2.28. The van der Waals surface area contributed by atoms with Gasteiger partial charge in [-0.25, -0.2) is 0 Å². The van der Waals surface area contributed by atoms with Gasteiger partial charge in [0, 0.05) is 38.1 Å². The molecule has 0 saturated carbocycles. The molecule has 0 radical (unpaired) electrons. The van der Waals surface area contributed by atoms with Gasteiger partial charge in [0.1, 0.15) is 0 Å². The van der Waals surface area contributed by atoms with E-state index in [4.69, 9.17) is 0 Å². The zero-order chi connectivity index (χ0) is 15.6. The number of nitrogens with one attached hydrogen (secondary N) is 1. The number of piperazine rings is 1. The number of nitrogens with zero attached hydrogens (tertiary/aromatic N) is 2. The molecule has 2 amide bonds. The Hall–Kier alpha value is -1.10. The summed E-state index contributed by atoms with van der Waals surface area (Å²) in [5, 5.41) is 3.10. The number of carbonyl (C=O) groups is 2. The maximum atomic E-state index is 12.7. The molecule has 120 valence electrons. The van der Waals surface area contributed by atoms with Crippen LogP contribution in [-0.2, 0) is 9.59 Å². The van der Waals surface area contributed by atoms with Crippen LogP contribution >= 0.6 is 0 Å². The normalized spacial score (nSPS) is 25.9. The van der Waals surface area contributed by atoms with E-state index < -0.39 is 0 Å². The number of carbonyl (C=O) groups excluding carboxylic acids is 2. The molecule has 0 spiro atoms. The first-order valence-corrected chi connectivity index (χ1v) is 8.09. The molecule has 5 nitrogen and oxygen atoms in total. The van der Waals surface area contributed by atoms with E-state index in [-0.39, 0.29) is 29.2 Å². The Morgan fingerprint density at radius 2 is 2.05 bits per heavy atom. The van der Waals surface area contributed by atoms with Crippen LogP contribution in [0.5, 0.6) is 0 Å². The van der Waals surface area contributed by atoms with Crippen LogP contribution < -0.4 is 5.32 Å². The van der Waals surface area contributed by atoms with Crippen LogP contribution in [0, 0.1) is 11.3 Å². The lowest BCUT2D eigenvalue weighted by atomic mass is 9.81. The lowest BCUT2D eigenvalue weighted by Gasteiger charge is -2.42. The average Bonchev–Trinajstić information content (AvgIpc) is 2.45. The number of amides is 2. The maximum absolute atomic E-state index is 12.7. The summed E-state index contributed by atoms with van der Waals surface area (Å²) in [6.07, 6.45) is 2.00. The van der Waals surface area contributed by atoms with Crippen LogP contribution in [0.3, 0.4) is 0 Å². The van der Waals surface area contributed by atoms with E-state index >= 15 is 0 Å². The number of hydrogen-bond acceptors (Lipinski definition) is 3. The number of piperidine rings is 1. The van der Waals surface area contributed by atoms with Crippen molar-refractivity contribution in [1.82, 2.24) is 15.1 Å². The molecule has 2 aliphatic rings. The van der Waals surface area contributed by atoms with E-state index in [2.05, 4.69) is 26.1 Å². The summed E-state index contributed by atoms with van der Waals surface area (Å²) >= 11 is 0. The molecular weight excluding hydrogens is 266 g/mol. The molecule has 0 aliphatic carbocycles. The quantitative estimate of drug-likeness (QED) is 0.830. The van der Waals surface area contributed by atoms with Gasteiger partial charge in [-0.3, -0.25) is 9.59 Å². The molecule has 2 unspecified atom stereocenters. The van der Waals surface area contributed by atoms with Gasteiger partial charge in [-0.1, -0.05) is 27.7 Å². The lowest BCUT2D eigenvalue weighted by Crippen LogP contribution is -2.58. The summed E-state index contributed by atoms with van der Waals surface area (Å²) in [4.78, 5) is 28.6. The van der Waals surface area contributed by atoms with E-state index in [0.717, 1.165) is 32.5 Å². The molecule has 2 heterocycles. The summed E-state index contributed by atoms with van der Waals surface area (Å²) in [5.41, 5.74) is -0.0190. The van der Waals surface area contributed by atoms with Crippen molar-refractivity contribution in [3.63, 3.8) is 0 Å². The Labute approximate surface area is 128 Å². The monoisotopic (exact) mass is 295 g/mol. The van der Waals surface area contributed by atoms with Crippen LogP contribution in [0.2, 0.25) is 0 Å². The third kappa shape index (κ3) is 3.76. The highest BCUT2D eigenvalue weighted by Gasteiger charge is 2.35. The van der Waals surface area contributed by atoms with Crippen LogP contribution in [0.25, 0.3) is 0 Å². The molecule has 2 aliphatic heterocycles. The minimum atomic E-state index is -0.0190. The topological polar surface area (TPSA) is 52.7 Å². The van der Waals surface area contributed by atoms with Crippen molar-refractivity contribution in [3.05, 3.63) is 0 Å². The Morgan fingerprint density at radius 1 is 1.33 bits per heavy atom. The van der Waals surface area contributed by atoms with Gasteiger partial charge in [-0.05, 0) is 18.3 Å². The number of rotatable bonds is 2. The lowest BCUT2D eigenvalue weighted by molar-refractivity contribution is -0.144. The largest absolute Gasteiger partial charge is 0.340 e. The van der Waals surface area contributed by atoms with Crippen LogP contribution in [0.15, 0.2) is 0 Å². The van der Waals surface area contributed by atoms with Crippen molar-refractivity contribution in [3.8, 4) is 0 Å². The van der Waals surface area contributed by atoms with Gasteiger partial charge in [0.25, 0.3) is 0 Å². The second-order valence-corrected chi connectivity index (χ2v) is 7.43. The fraction of sp³-hybridized carbons (Fsp3) is 0.875. The molecule has 0 aromatic heterocycles. The molecule has 5 heteroatoms. The molecule has 2 saturated heterocycles. The first kappa shape index (κ1) is 16.3. The van der Waals surface area contributed by atoms with Crippen molar-refractivity contribution >= 4 is 11.8 Å². The fourth-order valence-corrected chi connectivity index (χ4v) is 3.06. The number of likely N-dealkylation sites (tertiary alicyclic amines) is 1. The van der Waals surface area contributed by atoms with Gasteiger partial charge in [0.05, 0.1) is 6.54 Å². The van der Waals surface area contributed by atoms with Gasteiger partial charge < -0.3 is 15.1 Å². The molecule has 21 heavy (non-hydrogen) atoms. The molecule has 0 aromatic rings. The average molecular weight is 295 g/mol. The first-order valence-electron chi connectivity index (χ1n) is 8.09. The Kier molecular flexibility index (Phi) is 4.91. The van der Waals surface area contributed by atoms with E-state index in [0.29, 0.717) is 13.1 Å². The fourth-order valence-electron chi connectivity index (χ4n) is 3.06. The zero-order valence-corrected chi connectivity index (χ0v) is 13.8.